The lowest BCUT2D eigenvalue weighted by Crippen LogP contribution is -2.03. The lowest BCUT2D eigenvalue weighted by Gasteiger charge is -2.08. The van der Waals surface area contributed by atoms with Crippen molar-refractivity contribution in [1.29, 1.82) is 0 Å². The van der Waals surface area contributed by atoms with Gasteiger partial charge in [0, 0.05) is 6.92 Å². The van der Waals surface area contributed by atoms with Gasteiger partial charge in [-0.05, 0) is 30.7 Å². The molecule has 0 saturated heterocycles. The molecule has 0 unspecified atom stereocenters. The van der Waals surface area contributed by atoms with Gasteiger partial charge in [-0.1, -0.05) is 24.3 Å². The average Bonchev–Trinajstić information content (AvgIpc) is 2.81. The number of carbonyl (C=O) groups excluding carboxylic acids is 1. The minimum absolute atomic E-state index is 0.368. The van der Waals surface area contributed by atoms with Gasteiger partial charge >= 0.3 is 5.97 Å². The Morgan fingerprint density at radius 1 is 1.15 bits per heavy atom. The molecule has 0 atom stereocenters. The number of carbonyl (C=O) groups is 1. The molecule has 1 heterocycles. The molecule has 20 heavy (non-hydrogen) atoms. The average molecular weight is 267 g/mol. The molecule has 0 saturated carbocycles. The first-order valence-electron chi connectivity index (χ1n) is 6.29. The number of hydrogen-bond donors (Lipinski definition) is 0. The molecule has 3 aromatic rings. The van der Waals surface area contributed by atoms with Gasteiger partial charge in [-0.2, -0.15) is 0 Å². The first-order chi connectivity index (χ1) is 9.65. The summed E-state index contributed by atoms with van der Waals surface area (Å²) in [5, 5.41) is 0. The summed E-state index contributed by atoms with van der Waals surface area (Å²) in [6, 6.07) is 13.0. The van der Waals surface area contributed by atoms with E-state index in [1.54, 1.807) is 6.07 Å². The lowest BCUT2D eigenvalue weighted by atomic mass is 10.1. The molecule has 0 radical (unpaired) electrons. The maximum absolute atomic E-state index is 11.2. The molecule has 4 nitrogen and oxygen atoms in total. The standard InChI is InChI=1S/C16H13NO3/c1-10-6-5-9-14(19-11(2)18)15(10)16-17-12-7-3-4-8-13(12)20-16/h3-9H,1-2H3. The summed E-state index contributed by atoms with van der Waals surface area (Å²) in [5.74, 6) is 0.553. The Kier molecular flexibility index (Phi) is 2.99. The normalized spacial score (nSPS) is 10.7. The van der Waals surface area contributed by atoms with Gasteiger partial charge in [-0.15, -0.1) is 0 Å². The van der Waals surface area contributed by atoms with E-state index in [1.807, 2.05) is 43.3 Å². The molecule has 0 spiro atoms. The third kappa shape index (κ3) is 2.16. The van der Waals surface area contributed by atoms with Gasteiger partial charge in [-0.25, -0.2) is 4.98 Å². The molecular weight excluding hydrogens is 254 g/mol. The zero-order valence-corrected chi connectivity index (χ0v) is 11.2. The van der Waals surface area contributed by atoms with Gasteiger partial charge in [0.2, 0.25) is 5.89 Å². The number of oxazole rings is 1. The second-order valence-electron chi connectivity index (χ2n) is 4.53. The topological polar surface area (TPSA) is 52.3 Å². The third-order valence-corrected chi connectivity index (χ3v) is 3.00. The highest BCUT2D eigenvalue weighted by Gasteiger charge is 2.16. The molecule has 2 aromatic carbocycles. The largest absolute Gasteiger partial charge is 0.436 e. The number of aryl methyl sites for hydroxylation is 1. The smallest absolute Gasteiger partial charge is 0.308 e. The molecule has 0 aliphatic heterocycles. The number of para-hydroxylation sites is 2. The minimum Gasteiger partial charge on any atom is -0.436 e. The Morgan fingerprint density at radius 2 is 1.95 bits per heavy atom. The molecule has 0 N–H and O–H groups in total. The van der Waals surface area contributed by atoms with E-state index >= 15 is 0 Å². The van der Waals surface area contributed by atoms with E-state index < -0.39 is 0 Å². The predicted octanol–water partition coefficient (Wildman–Crippen LogP) is 3.73. The monoisotopic (exact) mass is 267 g/mol. The maximum Gasteiger partial charge on any atom is 0.308 e. The number of hydrogen-bond acceptors (Lipinski definition) is 4. The van der Waals surface area contributed by atoms with Crippen molar-refractivity contribution in [3.05, 3.63) is 48.0 Å². The van der Waals surface area contributed by atoms with Gasteiger partial charge in [0.1, 0.15) is 11.3 Å². The van der Waals surface area contributed by atoms with E-state index in [4.69, 9.17) is 9.15 Å². The van der Waals surface area contributed by atoms with Crippen LogP contribution in [-0.2, 0) is 4.79 Å². The van der Waals surface area contributed by atoms with Gasteiger partial charge in [0.15, 0.2) is 5.58 Å². The lowest BCUT2D eigenvalue weighted by molar-refractivity contribution is -0.131. The highest BCUT2D eigenvalue weighted by molar-refractivity contribution is 5.80. The highest BCUT2D eigenvalue weighted by atomic mass is 16.5. The summed E-state index contributed by atoms with van der Waals surface area (Å²) >= 11 is 0. The van der Waals surface area contributed by atoms with E-state index in [-0.39, 0.29) is 5.97 Å². The first-order valence-corrected chi connectivity index (χ1v) is 6.29. The number of esters is 1. The quantitative estimate of drug-likeness (QED) is 0.524. The van der Waals surface area contributed by atoms with Crippen LogP contribution in [0, 0.1) is 6.92 Å². The van der Waals surface area contributed by atoms with Crippen LogP contribution in [0.15, 0.2) is 46.9 Å². The molecule has 1 aromatic heterocycles. The summed E-state index contributed by atoms with van der Waals surface area (Å²) in [6.07, 6.45) is 0. The number of aromatic nitrogens is 1. The molecular formula is C16H13NO3. The fourth-order valence-electron chi connectivity index (χ4n) is 2.13. The summed E-state index contributed by atoms with van der Waals surface area (Å²) in [7, 11) is 0. The van der Waals surface area contributed by atoms with Gasteiger partial charge in [0.05, 0.1) is 5.56 Å². The van der Waals surface area contributed by atoms with E-state index in [1.165, 1.54) is 6.92 Å². The number of rotatable bonds is 2. The number of ether oxygens (including phenoxy) is 1. The van der Waals surface area contributed by atoms with Crippen molar-refractivity contribution in [2.24, 2.45) is 0 Å². The second kappa shape index (κ2) is 4.81. The zero-order chi connectivity index (χ0) is 14.1. The Bertz CT molecular complexity index is 756. The summed E-state index contributed by atoms with van der Waals surface area (Å²) in [6.45, 7) is 3.30. The van der Waals surface area contributed by atoms with Crippen LogP contribution in [0.4, 0.5) is 0 Å². The van der Waals surface area contributed by atoms with E-state index in [0.29, 0.717) is 22.8 Å². The van der Waals surface area contributed by atoms with Crippen LogP contribution in [0.1, 0.15) is 12.5 Å². The molecule has 4 heteroatoms. The fourth-order valence-corrected chi connectivity index (χ4v) is 2.13. The summed E-state index contributed by atoms with van der Waals surface area (Å²) < 4.78 is 11.0. The Labute approximate surface area is 116 Å². The van der Waals surface area contributed by atoms with Crippen molar-refractivity contribution >= 4 is 17.1 Å². The second-order valence-corrected chi connectivity index (χ2v) is 4.53. The number of nitrogens with zero attached hydrogens (tertiary/aromatic N) is 1. The first kappa shape index (κ1) is 12.4. The maximum atomic E-state index is 11.2. The van der Waals surface area contributed by atoms with E-state index in [0.717, 1.165) is 11.1 Å². The molecule has 0 amide bonds. The van der Waals surface area contributed by atoms with Gasteiger partial charge in [-0.3, -0.25) is 4.79 Å². The van der Waals surface area contributed by atoms with E-state index in [2.05, 4.69) is 4.98 Å². The molecule has 0 fully saturated rings. The highest BCUT2D eigenvalue weighted by Crippen LogP contribution is 2.34. The predicted molar refractivity (Wildman–Crippen MR) is 75.5 cm³/mol. The van der Waals surface area contributed by atoms with Crippen LogP contribution in [0.5, 0.6) is 5.75 Å². The van der Waals surface area contributed by atoms with Crippen molar-refractivity contribution in [2.75, 3.05) is 0 Å². The Balaban J connectivity index is 2.19. The van der Waals surface area contributed by atoms with Crippen molar-refractivity contribution in [2.45, 2.75) is 13.8 Å². The van der Waals surface area contributed by atoms with Crippen LogP contribution < -0.4 is 4.74 Å². The van der Waals surface area contributed by atoms with E-state index in [9.17, 15) is 4.79 Å². The number of benzene rings is 2. The molecule has 0 bridgehead atoms. The Hall–Kier alpha value is -2.62. The van der Waals surface area contributed by atoms with Crippen LogP contribution >= 0.6 is 0 Å². The van der Waals surface area contributed by atoms with Crippen LogP contribution in [-0.4, -0.2) is 11.0 Å². The van der Waals surface area contributed by atoms with Crippen LogP contribution in [0.25, 0.3) is 22.6 Å². The molecule has 3 rings (SSSR count). The molecule has 0 aliphatic carbocycles. The number of fused-ring (bicyclic) bond motifs is 1. The van der Waals surface area contributed by atoms with Crippen molar-refractivity contribution in [1.82, 2.24) is 4.98 Å². The zero-order valence-electron chi connectivity index (χ0n) is 11.2. The molecule has 0 aliphatic rings. The van der Waals surface area contributed by atoms with Crippen LogP contribution in [0.3, 0.4) is 0 Å². The minimum atomic E-state index is -0.368. The van der Waals surface area contributed by atoms with Crippen molar-refractivity contribution < 1.29 is 13.9 Å². The van der Waals surface area contributed by atoms with Gasteiger partial charge < -0.3 is 9.15 Å². The Morgan fingerprint density at radius 3 is 2.70 bits per heavy atom. The van der Waals surface area contributed by atoms with Crippen molar-refractivity contribution in [3.63, 3.8) is 0 Å². The summed E-state index contributed by atoms with van der Waals surface area (Å²) in [5.41, 5.74) is 3.13. The third-order valence-electron chi connectivity index (χ3n) is 3.00. The van der Waals surface area contributed by atoms with Crippen LogP contribution in [0.2, 0.25) is 0 Å². The fraction of sp³-hybridized carbons (Fsp3) is 0.125. The SMILES string of the molecule is CC(=O)Oc1cccc(C)c1-c1nc2ccccc2o1. The summed E-state index contributed by atoms with van der Waals surface area (Å²) in [4.78, 5) is 15.7. The van der Waals surface area contributed by atoms with Crippen molar-refractivity contribution in [3.8, 4) is 17.2 Å². The molecule has 100 valence electrons. The van der Waals surface area contributed by atoms with Gasteiger partial charge in [0.25, 0.3) is 0 Å².